The van der Waals surface area contributed by atoms with E-state index in [9.17, 15) is 0 Å². The Morgan fingerprint density at radius 3 is 2.88 bits per heavy atom. The Kier molecular flexibility index (Phi) is 4.64. The molecule has 2 rings (SSSR count). The van der Waals surface area contributed by atoms with Crippen LogP contribution in [-0.4, -0.2) is 25.0 Å². The maximum atomic E-state index is 5.97. The molecule has 17 heavy (non-hydrogen) atoms. The average molecular weight is 317 g/mol. The second-order valence-electron chi connectivity index (χ2n) is 4.97. The molecule has 1 fully saturated rings. The quantitative estimate of drug-likeness (QED) is 0.904. The molecule has 1 aliphatic heterocycles. The van der Waals surface area contributed by atoms with Crippen LogP contribution in [0, 0.1) is 12.8 Å². The molecule has 2 nitrogen and oxygen atoms in total. The molecule has 2 N–H and O–H groups in total. The van der Waals surface area contributed by atoms with Crippen molar-refractivity contribution in [1.82, 2.24) is 4.90 Å². The van der Waals surface area contributed by atoms with Crippen LogP contribution in [0.15, 0.2) is 10.5 Å². The van der Waals surface area contributed by atoms with Gasteiger partial charge in [-0.3, -0.25) is 4.90 Å². The van der Waals surface area contributed by atoms with E-state index in [1.807, 2.05) is 11.3 Å². The standard InChI is InChI=1S/C13H21BrN2S/c1-9-11(14)7-12(17-9)13-10(8-15)5-3-4-6-16(13)2/h7,10,13H,3-6,8,15H2,1-2H3. The van der Waals surface area contributed by atoms with Gasteiger partial charge < -0.3 is 5.73 Å². The van der Waals surface area contributed by atoms with Crippen molar-refractivity contribution in [2.24, 2.45) is 11.7 Å². The number of hydrogen-bond donors (Lipinski definition) is 1. The lowest BCUT2D eigenvalue weighted by Gasteiger charge is -2.30. The van der Waals surface area contributed by atoms with Gasteiger partial charge in [0, 0.05) is 20.3 Å². The van der Waals surface area contributed by atoms with Gasteiger partial charge in [0.15, 0.2) is 0 Å². The van der Waals surface area contributed by atoms with Gasteiger partial charge in [0.1, 0.15) is 0 Å². The highest BCUT2D eigenvalue weighted by atomic mass is 79.9. The maximum Gasteiger partial charge on any atom is 0.0479 e. The van der Waals surface area contributed by atoms with Crippen LogP contribution in [-0.2, 0) is 0 Å². The van der Waals surface area contributed by atoms with Gasteiger partial charge >= 0.3 is 0 Å². The van der Waals surface area contributed by atoms with Crippen molar-refractivity contribution in [2.45, 2.75) is 32.2 Å². The number of aryl methyl sites for hydroxylation is 1. The number of rotatable bonds is 2. The van der Waals surface area contributed by atoms with Crippen molar-refractivity contribution < 1.29 is 0 Å². The average Bonchev–Trinajstić information content (AvgIpc) is 2.51. The minimum Gasteiger partial charge on any atom is -0.330 e. The van der Waals surface area contributed by atoms with E-state index in [0.29, 0.717) is 12.0 Å². The number of halogens is 1. The molecule has 1 aliphatic rings. The smallest absolute Gasteiger partial charge is 0.0479 e. The normalized spacial score (nSPS) is 27.1. The van der Waals surface area contributed by atoms with E-state index in [4.69, 9.17) is 5.73 Å². The van der Waals surface area contributed by atoms with Crippen LogP contribution < -0.4 is 5.73 Å². The highest BCUT2D eigenvalue weighted by Gasteiger charge is 2.29. The van der Waals surface area contributed by atoms with Crippen molar-refractivity contribution >= 4 is 27.3 Å². The Balaban J connectivity index is 2.30. The summed E-state index contributed by atoms with van der Waals surface area (Å²) in [4.78, 5) is 5.32. The SMILES string of the molecule is Cc1sc(C2C(CN)CCCCN2C)cc1Br. The predicted octanol–water partition coefficient (Wildman–Crippen LogP) is 3.55. The molecular formula is C13H21BrN2S. The molecule has 2 unspecified atom stereocenters. The van der Waals surface area contributed by atoms with Crippen molar-refractivity contribution in [3.05, 3.63) is 20.3 Å². The fourth-order valence-electron chi connectivity index (χ4n) is 2.75. The van der Waals surface area contributed by atoms with E-state index in [-0.39, 0.29) is 0 Å². The minimum atomic E-state index is 0.512. The zero-order valence-corrected chi connectivity index (χ0v) is 13.0. The number of nitrogens with zero attached hydrogens (tertiary/aromatic N) is 1. The first kappa shape index (κ1) is 13.5. The van der Waals surface area contributed by atoms with Gasteiger partial charge in [-0.1, -0.05) is 6.42 Å². The summed E-state index contributed by atoms with van der Waals surface area (Å²) in [5.41, 5.74) is 5.97. The van der Waals surface area contributed by atoms with Crippen LogP contribution in [0.4, 0.5) is 0 Å². The van der Waals surface area contributed by atoms with Crippen LogP contribution in [0.2, 0.25) is 0 Å². The molecule has 2 atom stereocenters. The number of hydrogen-bond acceptors (Lipinski definition) is 3. The Bertz CT molecular complexity index is 358. The molecule has 1 aromatic rings. The predicted molar refractivity (Wildman–Crippen MR) is 78.5 cm³/mol. The lowest BCUT2D eigenvalue weighted by Crippen LogP contribution is -2.32. The summed E-state index contributed by atoms with van der Waals surface area (Å²) < 4.78 is 1.24. The monoisotopic (exact) mass is 316 g/mol. The second kappa shape index (κ2) is 5.83. The van der Waals surface area contributed by atoms with Gasteiger partial charge in [-0.2, -0.15) is 0 Å². The van der Waals surface area contributed by atoms with Gasteiger partial charge in [-0.25, -0.2) is 0 Å². The third kappa shape index (κ3) is 2.92. The van der Waals surface area contributed by atoms with Gasteiger partial charge in [-0.15, -0.1) is 11.3 Å². The van der Waals surface area contributed by atoms with Crippen molar-refractivity contribution in [1.29, 1.82) is 0 Å². The zero-order chi connectivity index (χ0) is 12.4. The third-order valence-corrected chi connectivity index (χ3v) is 5.93. The van der Waals surface area contributed by atoms with Crippen LogP contribution in [0.25, 0.3) is 0 Å². The molecular weight excluding hydrogens is 296 g/mol. The van der Waals surface area contributed by atoms with Crippen molar-refractivity contribution in [3.63, 3.8) is 0 Å². The van der Waals surface area contributed by atoms with Crippen LogP contribution >= 0.6 is 27.3 Å². The molecule has 0 aromatic carbocycles. The van der Waals surface area contributed by atoms with Crippen molar-refractivity contribution in [3.8, 4) is 0 Å². The van der Waals surface area contributed by atoms with Gasteiger partial charge in [0.2, 0.25) is 0 Å². The number of thiophene rings is 1. The zero-order valence-electron chi connectivity index (χ0n) is 10.6. The summed E-state index contributed by atoms with van der Waals surface area (Å²) in [5, 5.41) is 0. The molecule has 0 amide bonds. The van der Waals surface area contributed by atoms with E-state index in [1.54, 1.807) is 0 Å². The van der Waals surface area contributed by atoms with E-state index in [2.05, 4.69) is 40.9 Å². The Labute approximate surface area is 116 Å². The molecule has 0 bridgehead atoms. The Hall–Kier alpha value is 0.100. The van der Waals surface area contributed by atoms with Crippen molar-refractivity contribution in [2.75, 3.05) is 20.1 Å². The van der Waals surface area contributed by atoms with Gasteiger partial charge in [-0.05, 0) is 67.8 Å². The third-order valence-electron chi connectivity index (χ3n) is 3.73. The number of likely N-dealkylation sites (tertiary alicyclic amines) is 1. The molecule has 2 heterocycles. The molecule has 0 radical (unpaired) electrons. The van der Waals surface area contributed by atoms with Crippen LogP contribution in [0.5, 0.6) is 0 Å². The first-order valence-electron chi connectivity index (χ1n) is 6.29. The molecule has 0 saturated carbocycles. The lowest BCUT2D eigenvalue weighted by atomic mass is 9.94. The molecule has 0 spiro atoms. The fourth-order valence-corrected chi connectivity index (χ4v) is 4.57. The van der Waals surface area contributed by atoms with E-state index < -0.39 is 0 Å². The topological polar surface area (TPSA) is 29.3 Å². The molecule has 1 aromatic heterocycles. The molecule has 96 valence electrons. The summed E-state index contributed by atoms with van der Waals surface area (Å²) in [7, 11) is 2.24. The van der Waals surface area contributed by atoms with Crippen LogP contribution in [0.1, 0.15) is 35.1 Å². The Morgan fingerprint density at radius 2 is 2.29 bits per heavy atom. The van der Waals surface area contributed by atoms with Gasteiger partial charge in [0.25, 0.3) is 0 Å². The summed E-state index contributed by atoms with van der Waals surface area (Å²) >= 11 is 5.53. The van der Waals surface area contributed by atoms with E-state index >= 15 is 0 Å². The van der Waals surface area contributed by atoms with E-state index in [1.165, 1.54) is 40.0 Å². The van der Waals surface area contributed by atoms with E-state index in [0.717, 1.165) is 6.54 Å². The summed E-state index contributed by atoms with van der Waals surface area (Å²) in [6, 6.07) is 2.80. The van der Waals surface area contributed by atoms with Gasteiger partial charge in [0.05, 0.1) is 0 Å². The summed E-state index contributed by atoms with van der Waals surface area (Å²) in [6.45, 7) is 4.16. The first-order chi connectivity index (χ1) is 8.13. The lowest BCUT2D eigenvalue weighted by molar-refractivity contribution is 0.199. The molecule has 4 heteroatoms. The molecule has 1 saturated heterocycles. The number of nitrogens with two attached hydrogens (primary N) is 1. The maximum absolute atomic E-state index is 5.97. The van der Waals surface area contributed by atoms with Crippen LogP contribution in [0.3, 0.4) is 0 Å². The molecule has 0 aliphatic carbocycles. The first-order valence-corrected chi connectivity index (χ1v) is 7.90. The summed E-state index contributed by atoms with van der Waals surface area (Å²) in [5.74, 6) is 0.604. The highest BCUT2D eigenvalue weighted by Crippen LogP contribution is 2.39. The fraction of sp³-hybridized carbons (Fsp3) is 0.692. The highest BCUT2D eigenvalue weighted by molar-refractivity contribution is 9.10. The Morgan fingerprint density at radius 1 is 1.53 bits per heavy atom. The summed E-state index contributed by atoms with van der Waals surface area (Å²) in [6.07, 6.45) is 3.88. The second-order valence-corrected chi connectivity index (χ2v) is 7.11. The largest absolute Gasteiger partial charge is 0.330 e. The minimum absolute atomic E-state index is 0.512.